The number of nitrogens with one attached hydrogen (secondary N) is 2. The minimum absolute atomic E-state index is 0.148. The fraction of sp³-hybridized carbons (Fsp3) is 0.263. The molecule has 1 saturated carbocycles. The molecule has 2 aromatic heterocycles. The summed E-state index contributed by atoms with van der Waals surface area (Å²) in [6.07, 6.45) is -4.52. The number of aromatic amines is 1. The molecule has 4 rings (SSSR count). The van der Waals surface area contributed by atoms with E-state index in [1.807, 2.05) is 0 Å². The van der Waals surface area contributed by atoms with Crippen LogP contribution in [-0.2, 0) is 10.0 Å². The van der Waals surface area contributed by atoms with Crippen molar-refractivity contribution < 1.29 is 33.5 Å². The maximum atomic E-state index is 13.0. The summed E-state index contributed by atoms with van der Waals surface area (Å²) in [5.41, 5.74) is -3.92. The summed E-state index contributed by atoms with van der Waals surface area (Å²) in [6, 6.07) is 2.26. The zero-order valence-corrected chi connectivity index (χ0v) is 19.9. The molecule has 0 radical (unpaired) electrons. The lowest BCUT2D eigenvalue weighted by molar-refractivity contribution is 0.0712. The highest BCUT2D eigenvalue weighted by molar-refractivity contribution is 7.89. The van der Waals surface area contributed by atoms with Crippen molar-refractivity contribution in [1.29, 1.82) is 0 Å². The molecule has 0 spiro atoms. The molecule has 1 fully saturated rings. The quantitative estimate of drug-likeness (QED) is 0.332. The SMILES string of the molecule is [2H]C1(O)CC(NS(=O)(=O)c2cc(Oc3c(Cl)cc(-n4nc(C(F)F)c(=O)[nH]c4=O)cc3Cl)ncc2O)C1. The Balaban J connectivity index is 1.64. The number of aromatic nitrogens is 4. The van der Waals surface area contributed by atoms with Crippen molar-refractivity contribution in [2.24, 2.45) is 0 Å². The Morgan fingerprint density at radius 3 is 2.47 bits per heavy atom. The van der Waals surface area contributed by atoms with Gasteiger partial charge in [0.25, 0.3) is 12.0 Å². The van der Waals surface area contributed by atoms with Crippen LogP contribution in [0.4, 0.5) is 8.78 Å². The Bertz CT molecular complexity index is 1590. The third-order valence-electron chi connectivity index (χ3n) is 4.89. The summed E-state index contributed by atoms with van der Waals surface area (Å²) in [5, 5.41) is 22.3. The monoisotopic (exact) mass is 566 g/mol. The molecule has 36 heavy (non-hydrogen) atoms. The van der Waals surface area contributed by atoms with Crippen molar-refractivity contribution in [1.82, 2.24) is 24.5 Å². The molecule has 0 atom stereocenters. The van der Waals surface area contributed by atoms with E-state index in [4.69, 9.17) is 29.3 Å². The number of benzene rings is 1. The average Bonchev–Trinajstić information content (AvgIpc) is 2.75. The van der Waals surface area contributed by atoms with E-state index in [1.54, 1.807) is 4.98 Å². The van der Waals surface area contributed by atoms with Crippen molar-refractivity contribution in [3.63, 3.8) is 0 Å². The molecule has 0 aliphatic heterocycles. The fourth-order valence-corrected chi connectivity index (χ4v) is 5.03. The summed E-state index contributed by atoms with van der Waals surface area (Å²) < 4.78 is 67.0. The van der Waals surface area contributed by atoms with Gasteiger partial charge >= 0.3 is 5.69 Å². The van der Waals surface area contributed by atoms with Gasteiger partial charge in [0, 0.05) is 12.1 Å². The standard InChI is InChI=1S/C19H15Cl2F2N5O7S/c20-10-3-8(28-19(32)25-18(31)15(26-28)17(22)23)4-11(21)16(10)35-14-5-13(12(30)6-24-14)36(33,34)27-7-1-9(29)2-7/h3-7,9,17,27,29-30H,1-2H2,(H,25,31,32)/i9D. The summed E-state index contributed by atoms with van der Waals surface area (Å²) in [5.74, 6) is -1.36. The number of pyridine rings is 1. The Morgan fingerprint density at radius 2 is 1.89 bits per heavy atom. The number of halogens is 4. The maximum Gasteiger partial charge on any atom is 0.349 e. The summed E-state index contributed by atoms with van der Waals surface area (Å²) in [7, 11) is -4.32. The fourth-order valence-electron chi connectivity index (χ4n) is 3.16. The molecule has 1 aliphatic carbocycles. The average molecular weight is 567 g/mol. The van der Waals surface area contributed by atoms with Gasteiger partial charge in [0.05, 0.1) is 29.4 Å². The topological polar surface area (TPSA) is 176 Å². The Hall–Kier alpha value is -3.11. The molecule has 0 amide bonds. The van der Waals surface area contributed by atoms with Gasteiger partial charge in [-0.25, -0.2) is 31.7 Å². The number of hydrogen-bond donors (Lipinski definition) is 4. The summed E-state index contributed by atoms with van der Waals surface area (Å²) >= 11 is 12.4. The normalized spacial score (nSPS) is 20.2. The predicted octanol–water partition coefficient (Wildman–Crippen LogP) is 1.86. The number of ether oxygens (including phenoxy) is 1. The van der Waals surface area contributed by atoms with Crippen molar-refractivity contribution in [3.8, 4) is 23.1 Å². The molecule has 1 aromatic carbocycles. The van der Waals surface area contributed by atoms with Crippen LogP contribution < -0.4 is 20.7 Å². The smallest absolute Gasteiger partial charge is 0.349 e. The highest BCUT2D eigenvalue weighted by atomic mass is 35.5. The van der Waals surface area contributed by atoms with Gasteiger partial charge in [-0.05, 0) is 25.0 Å². The largest absolute Gasteiger partial charge is 0.505 e. The van der Waals surface area contributed by atoms with E-state index in [9.17, 15) is 37.0 Å². The molecule has 2 heterocycles. The van der Waals surface area contributed by atoms with Gasteiger partial charge in [-0.1, -0.05) is 23.2 Å². The van der Waals surface area contributed by atoms with Gasteiger partial charge in [-0.15, -0.1) is 0 Å². The zero-order chi connectivity index (χ0) is 27.3. The lowest BCUT2D eigenvalue weighted by atomic mass is 9.91. The minimum atomic E-state index is -4.32. The van der Waals surface area contributed by atoms with Crippen LogP contribution in [0.25, 0.3) is 5.69 Å². The van der Waals surface area contributed by atoms with Crippen LogP contribution >= 0.6 is 23.2 Å². The van der Waals surface area contributed by atoms with Crippen LogP contribution in [-0.4, -0.2) is 50.5 Å². The molecule has 12 nitrogen and oxygen atoms in total. The third kappa shape index (κ3) is 5.19. The van der Waals surface area contributed by atoms with Crippen LogP contribution in [0.1, 0.15) is 26.3 Å². The number of hydrogen-bond acceptors (Lipinski definition) is 9. The number of nitrogens with zero attached hydrogens (tertiary/aromatic N) is 3. The molecule has 1 aliphatic rings. The van der Waals surface area contributed by atoms with Crippen LogP contribution in [0.2, 0.25) is 10.0 Å². The first-order valence-corrected chi connectivity index (χ1v) is 12.0. The molecule has 0 bridgehead atoms. The molecule has 3 aromatic rings. The molecule has 192 valence electrons. The first-order valence-electron chi connectivity index (χ1n) is 10.3. The van der Waals surface area contributed by atoms with Gasteiger partial charge in [0.15, 0.2) is 17.2 Å². The number of H-pyrrole nitrogens is 1. The van der Waals surface area contributed by atoms with E-state index in [0.717, 1.165) is 24.4 Å². The number of aliphatic hydroxyl groups is 1. The second-order valence-electron chi connectivity index (χ2n) is 7.48. The van der Waals surface area contributed by atoms with E-state index >= 15 is 0 Å². The zero-order valence-electron chi connectivity index (χ0n) is 18.6. The van der Waals surface area contributed by atoms with Crippen LogP contribution in [0.15, 0.2) is 38.9 Å². The van der Waals surface area contributed by atoms with E-state index in [2.05, 4.69) is 14.8 Å². The lowest BCUT2D eigenvalue weighted by Crippen LogP contribution is -2.46. The summed E-state index contributed by atoms with van der Waals surface area (Å²) in [6.45, 7) is 0. The van der Waals surface area contributed by atoms with Gasteiger partial charge in [0.1, 0.15) is 4.90 Å². The van der Waals surface area contributed by atoms with Crippen molar-refractivity contribution in [2.45, 2.75) is 36.3 Å². The highest BCUT2D eigenvalue weighted by Crippen LogP contribution is 2.38. The Labute approximate surface area is 211 Å². The summed E-state index contributed by atoms with van der Waals surface area (Å²) in [4.78, 5) is 28.4. The van der Waals surface area contributed by atoms with E-state index in [0.29, 0.717) is 4.68 Å². The van der Waals surface area contributed by atoms with Gasteiger partial charge < -0.3 is 14.9 Å². The predicted molar refractivity (Wildman–Crippen MR) is 121 cm³/mol. The lowest BCUT2D eigenvalue weighted by Gasteiger charge is -2.31. The van der Waals surface area contributed by atoms with Crippen molar-refractivity contribution in [3.05, 3.63) is 61.0 Å². The van der Waals surface area contributed by atoms with E-state index < -0.39 is 56.2 Å². The first kappa shape index (κ1) is 24.6. The van der Waals surface area contributed by atoms with Crippen LogP contribution in [0.3, 0.4) is 0 Å². The molecular weight excluding hydrogens is 551 g/mol. The molecule has 4 N–H and O–H groups in total. The number of alkyl halides is 2. The van der Waals surface area contributed by atoms with Crippen molar-refractivity contribution in [2.75, 3.05) is 0 Å². The van der Waals surface area contributed by atoms with E-state index in [1.165, 1.54) is 0 Å². The molecule has 0 saturated heterocycles. The van der Waals surface area contributed by atoms with E-state index in [-0.39, 0.29) is 40.2 Å². The number of rotatable bonds is 7. The number of aromatic hydroxyl groups is 1. The Morgan fingerprint density at radius 1 is 1.25 bits per heavy atom. The molecule has 17 heteroatoms. The minimum Gasteiger partial charge on any atom is -0.505 e. The first-order chi connectivity index (χ1) is 17.2. The van der Waals surface area contributed by atoms with Crippen LogP contribution in [0, 0.1) is 0 Å². The van der Waals surface area contributed by atoms with Crippen LogP contribution in [0.5, 0.6) is 17.4 Å². The second kappa shape index (κ2) is 9.74. The third-order valence-corrected chi connectivity index (χ3v) is 7.00. The molecular formula is C19H15Cl2F2N5O7S. The van der Waals surface area contributed by atoms with Gasteiger partial charge in [-0.2, -0.15) is 9.78 Å². The van der Waals surface area contributed by atoms with Gasteiger partial charge in [-0.3, -0.25) is 9.78 Å². The maximum absolute atomic E-state index is 13.0. The Kier molecular flexibility index (Phi) is 6.65. The second-order valence-corrected chi connectivity index (χ2v) is 9.98. The molecule has 0 unspecified atom stereocenters. The highest BCUT2D eigenvalue weighted by Gasteiger charge is 2.32. The number of sulfonamides is 1. The van der Waals surface area contributed by atoms with Gasteiger partial charge in [0.2, 0.25) is 15.9 Å². The van der Waals surface area contributed by atoms with Crippen molar-refractivity contribution >= 4 is 33.2 Å².